The molecule has 1 N–H and O–H groups in total. The van der Waals surface area contributed by atoms with Crippen molar-refractivity contribution in [2.24, 2.45) is 5.92 Å². The van der Waals surface area contributed by atoms with Gasteiger partial charge >= 0.3 is 0 Å². The van der Waals surface area contributed by atoms with Crippen LogP contribution in [0.4, 0.5) is 0 Å². The van der Waals surface area contributed by atoms with E-state index in [-0.39, 0.29) is 6.04 Å². The zero-order chi connectivity index (χ0) is 6.69. The molecular formula is C8H16N. The monoisotopic (exact) mass is 126 g/mol. The summed E-state index contributed by atoms with van der Waals surface area (Å²) >= 11 is 0. The first-order chi connectivity index (χ1) is 4.30. The number of nitrogens with one attached hydrogen (secondary N) is 1. The average molecular weight is 126 g/mol. The fourth-order valence-corrected chi connectivity index (χ4v) is 1.63. The van der Waals surface area contributed by atoms with E-state index < -0.39 is 0 Å². The molecule has 1 unspecified atom stereocenters. The van der Waals surface area contributed by atoms with Crippen LogP contribution in [-0.4, -0.2) is 6.04 Å². The Bertz CT molecular complexity index is 72.6. The topological polar surface area (TPSA) is 23.8 Å². The van der Waals surface area contributed by atoms with E-state index in [1.807, 2.05) is 6.92 Å². The fraction of sp³-hybridized carbons (Fsp3) is 1.00. The predicted molar refractivity (Wildman–Crippen MR) is 39.1 cm³/mol. The largest absolute Gasteiger partial charge is 0.255 e. The average Bonchev–Trinajstić information content (AvgIpc) is 1.90. The zero-order valence-corrected chi connectivity index (χ0v) is 6.19. The Morgan fingerprint density at radius 2 is 1.78 bits per heavy atom. The second-order valence-electron chi connectivity index (χ2n) is 3.19. The molecule has 1 radical (unpaired) electrons. The standard InChI is InChI=1S/C8H16N/c1-7(9)8-5-3-2-4-6-8/h7-9H,2-6H2,1H3. The highest BCUT2D eigenvalue weighted by atomic mass is 14.6. The smallest absolute Gasteiger partial charge is 0.0213 e. The zero-order valence-electron chi connectivity index (χ0n) is 6.19. The predicted octanol–water partition coefficient (Wildman–Crippen LogP) is 2.24. The lowest BCUT2D eigenvalue weighted by atomic mass is 9.85. The Morgan fingerprint density at radius 1 is 1.22 bits per heavy atom. The quantitative estimate of drug-likeness (QED) is 0.514. The molecule has 0 aromatic heterocycles. The normalized spacial score (nSPS) is 26.0. The minimum Gasteiger partial charge on any atom is -0.255 e. The van der Waals surface area contributed by atoms with E-state index in [4.69, 9.17) is 5.73 Å². The van der Waals surface area contributed by atoms with Crippen LogP contribution in [0.2, 0.25) is 0 Å². The van der Waals surface area contributed by atoms with E-state index in [0.29, 0.717) is 0 Å². The van der Waals surface area contributed by atoms with Crippen LogP contribution < -0.4 is 5.73 Å². The Labute approximate surface area is 57.6 Å². The molecule has 1 aliphatic carbocycles. The summed E-state index contributed by atoms with van der Waals surface area (Å²) in [6.45, 7) is 2.02. The highest BCUT2D eigenvalue weighted by molar-refractivity contribution is 4.71. The minimum absolute atomic E-state index is 0.185. The lowest BCUT2D eigenvalue weighted by molar-refractivity contribution is 0.312. The van der Waals surface area contributed by atoms with Crippen molar-refractivity contribution in [2.45, 2.75) is 45.1 Å². The van der Waals surface area contributed by atoms with Gasteiger partial charge in [-0.1, -0.05) is 19.3 Å². The first-order valence-electron chi connectivity index (χ1n) is 4.02. The second kappa shape index (κ2) is 3.21. The van der Waals surface area contributed by atoms with Gasteiger partial charge in [-0.05, 0) is 25.7 Å². The molecule has 1 rings (SSSR count). The van der Waals surface area contributed by atoms with E-state index in [1.54, 1.807) is 0 Å². The molecule has 1 heteroatoms. The van der Waals surface area contributed by atoms with E-state index >= 15 is 0 Å². The highest BCUT2D eigenvalue weighted by Crippen LogP contribution is 2.25. The van der Waals surface area contributed by atoms with E-state index in [1.165, 1.54) is 32.1 Å². The molecule has 1 aliphatic rings. The third-order valence-corrected chi connectivity index (χ3v) is 2.36. The van der Waals surface area contributed by atoms with Gasteiger partial charge in [-0.2, -0.15) is 0 Å². The van der Waals surface area contributed by atoms with Crippen molar-refractivity contribution in [3.05, 3.63) is 0 Å². The van der Waals surface area contributed by atoms with E-state index in [2.05, 4.69) is 0 Å². The number of hydrogen-bond acceptors (Lipinski definition) is 0. The summed E-state index contributed by atoms with van der Waals surface area (Å²) in [5.41, 5.74) is 7.47. The van der Waals surface area contributed by atoms with E-state index in [0.717, 1.165) is 5.92 Å². The molecule has 1 nitrogen and oxygen atoms in total. The van der Waals surface area contributed by atoms with Crippen LogP contribution >= 0.6 is 0 Å². The van der Waals surface area contributed by atoms with Gasteiger partial charge in [-0.15, -0.1) is 0 Å². The highest BCUT2D eigenvalue weighted by Gasteiger charge is 2.16. The molecule has 1 fully saturated rings. The van der Waals surface area contributed by atoms with Crippen molar-refractivity contribution in [2.75, 3.05) is 0 Å². The Morgan fingerprint density at radius 3 is 2.11 bits per heavy atom. The molecule has 9 heavy (non-hydrogen) atoms. The third-order valence-electron chi connectivity index (χ3n) is 2.36. The first-order valence-corrected chi connectivity index (χ1v) is 4.02. The SMILES string of the molecule is CC([NH])C1CCCCC1. The van der Waals surface area contributed by atoms with Gasteiger partial charge in [0.05, 0.1) is 0 Å². The molecular weight excluding hydrogens is 110 g/mol. The molecule has 0 spiro atoms. The molecule has 0 amide bonds. The maximum absolute atomic E-state index is 7.47. The van der Waals surface area contributed by atoms with Gasteiger partial charge in [0.1, 0.15) is 0 Å². The van der Waals surface area contributed by atoms with Gasteiger partial charge in [-0.25, -0.2) is 0 Å². The molecule has 0 aromatic rings. The second-order valence-corrected chi connectivity index (χ2v) is 3.19. The lowest BCUT2D eigenvalue weighted by Crippen LogP contribution is -2.20. The van der Waals surface area contributed by atoms with Gasteiger partial charge in [0.15, 0.2) is 0 Å². The third kappa shape index (κ3) is 1.98. The van der Waals surface area contributed by atoms with Crippen molar-refractivity contribution < 1.29 is 0 Å². The molecule has 1 atom stereocenters. The summed E-state index contributed by atoms with van der Waals surface area (Å²) in [5, 5.41) is 0. The van der Waals surface area contributed by atoms with Crippen molar-refractivity contribution in [1.82, 2.24) is 5.73 Å². The summed E-state index contributed by atoms with van der Waals surface area (Å²) < 4.78 is 0. The van der Waals surface area contributed by atoms with Crippen molar-refractivity contribution in [3.8, 4) is 0 Å². The summed E-state index contributed by atoms with van der Waals surface area (Å²) in [6, 6.07) is 0.185. The van der Waals surface area contributed by atoms with Crippen LogP contribution in [0, 0.1) is 5.92 Å². The van der Waals surface area contributed by atoms with Gasteiger partial charge in [-0.3, -0.25) is 5.73 Å². The van der Waals surface area contributed by atoms with Crippen molar-refractivity contribution >= 4 is 0 Å². The van der Waals surface area contributed by atoms with Crippen LogP contribution in [0.1, 0.15) is 39.0 Å². The fourth-order valence-electron chi connectivity index (χ4n) is 1.63. The maximum Gasteiger partial charge on any atom is 0.0213 e. The Balaban J connectivity index is 2.23. The first kappa shape index (κ1) is 7.07. The van der Waals surface area contributed by atoms with Crippen molar-refractivity contribution in [3.63, 3.8) is 0 Å². The summed E-state index contributed by atoms with van der Waals surface area (Å²) in [7, 11) is 0. The summed E-state index contributed by atoms with van der Waals surface area (Å²) in [6.07, 6.45) is 6.76. The Kier molecular flexibility index (Phi) is 2.52. The number of rotatable bonds is 1. The summed E-state index contributed by atoms with van der Waals surface area (Å²) in [5.74, 6) is 0.721. The molecule has 0 bridgehead atoms. The maximum atomic E-state index is 7.47. The molecule has 0 saturated heterocycles. The van der Waals surface area contributed by atoms with Gasteiger partial charge in [0, 0.05) is 6.04 Å². The van der Waals surface area contributed by atoms with Crippen LogP contribution in [-0.2, 0) is 0 Å². The molecule has 53 valence electrons. The van der Waals surface area contributed by atoms with Crippen LogP contribution in [0.25, 0.3) is 0 Å². The number of hydrogen-bond donors (Lipinski definition) is 0. The van der Waals surface area contributed by atoms with Crippen molar-refractivity contribution in [1.29, 1.82) is 0 Å². The Hall–Kier alpha value is -0.0400. The van der Waals surface area contributed by atoms with Crippen LogP contribution in [0.15, 0.2) is 0 Å². The molecule has 0 aliphatic heterocycles. The van der Waals surface area contributed by atoms with Gasteiger partial charge in [0.25, 0.3) is 0 Å². The van der Waals surface area contributed by atoms with E-state index in [9.17, 15) is 0 Å². The summed E-state index contributed by atoms with van der Waals surface area (Å²) in [4.78, 5) is 0. The molecule has 1 saturated carbocycles. The minimum atomic E-state index is 0.185. The lowest BCUT2D eigenvalue weighted by Gasteiger charge is -2.23. The van der Waals surface area contributed by atoms with Crippen LogP contribution in [0.5, 0.6) is 0 Å². The van der Waals surface area contributed by atoms with Gasteiger partial charge < -0.3 is 0 Å². The molecule has 0 heterocycles. The van der Waals surface area contributed by atoms with Crippen LogP contribution in [0.3, 0.4) is 0 Å². The molecule has 0 aromatic carbocycles. The van der Waals surface area contributed by atoms with Gasteiger partial charge in [0.2, 0.25) is 0 Å².